The highest BCUT2D eigenvalue weighted by Gasteiger charge is 2.10. The van der Waals surface area contributed by atoms with Crippen molar-refractivity contribution in [2.24, 2.45) is 0 Å². The maximum atomic E-state index is 11.6. The van der Waals surface area contributed by atoms with Crippen molar-refractivity contribution in [1.82, 2.24) is 9.97 Å². The van der Waals surface area contributed by atoms with Crippen molar-refractivity contribution in [2.75, 3.05) is 11.4 Å². The lowest BCUT2D eigenvalue weighted by atomic mass is 10.1. The van der Waals surface area contributed by atoms with E-state index >= 15 is 0 Å². The molecule has 30 heavy (non-hydrogen) atoms. The van der Waals surface area contributed by atoms with E-state index in [9.17, 15) is 4.79 Å². The van der Waals surface area contributed by atoms with Gasteiger partial charge in [0.2, 0.25) is 6.41 Å². The number of nitrogens with zero attached hydrogens (tertiary/aromatic N) is 2. The summed E-state index contributed by atoms with van der Waals surface area (Å²) in [6.07, 6.45) is 1.72. The number of amides is 1. The van der Waals surface area contributed by atoms with Crippen LogP contribution in [0.2, 0.25) is 0 Å². The second-order valence-corrected chi connectivity index (χ2v) is 7.48. The van der Waals surface area contributed by atoms with Crippen molar-refractivity contribution < 1.29 is 4.79 Å². The first-order valence-electron chi connectivity index (χ1n) is 10.1. The molecule has 0 aliphatic carbocycles. The van der Waals surface area contributed by atoms with Crippen LogP contribution in [-0.4, -0.2) is 22.9 Å². The molecule has 4 nitrogen and oxygen atoms in total. The minimum Gasteiger partial charge on any atom is -0.362 e. The van der Waals surface area contributed by atoms with Crippen LogP contribution in [0.25, 0.3) is 22.5 Å². The summed E-state index contributed by atoms with van der Waals surface area (Å²) in [7, 11) is 0. The van der Waals surface area contributed by atoms with E-state index in [0.29, 0.717) is 6.54 Å². The van der Waals surface area contributed by atoms with Crippen LogP contribution in [0.1, 0.15) is 17.0 Å². The SMILES string of the molecule is Cc1cc(-c2cccc(-c3ccc(N(C=O)CCc4ccccc4)cc3)n2)c(C)[nH]1. The van der Waals surface area contributed by atoms with Crippen LogP contribution in [0, 0.1) is 13.8 Å². The van der Waals surface area contributed by atoms with Crippen molar-refractivity contribution in [1.29, 1.82) is 0 Å². The van der Waals surface area contributed by atoms with E-state index in [1.54, 1.807) is 4.90 Å². The smallest absolute Gasteiger partial charge is 0.214 e. The highest BCUT2D eigenvalue weighted by atomic mass is 16.1. The van der Waals surface area contributed by atoms with Gasteiger partial charge in [-0.2, -0.15) is 0 Å². The fourth-order valence-corrected chi connectivity index (χ4v) is 3.70. The lowest BCUT2D eigenvalue weighted by molar-refractivity contribution is -0.107. The molecule has 0 aliphatic rings. The summed E-state index contributed by atoms with van der Waals surface area (Å²) in [5.41, 5.74) is 8.37. The normalized spacial score (nSPS) is 10.7. The minimum atomic E-state index is 0.646. The van der Waals surface area contributed by atoms with Crippen molar-refractivity contribution in [3.63, 3.8) is 0 Å². The summed E-state index contributed by atoms with van der Waals surface area (Å²) in [6, 6.07) is 26.4. The number of carbonyl (C=O) groups is 1. The molecule has 0 saturated carbocycles. The number of rotatable bonds is 7. The Morgan fingerprint density at radius 2 is 1.63 bits per heavy atom. The molecule has 0 bridgehead atoms. The zero-order valence-electron chi connectivity index (χ0n) is 17.3. The number of benzene rings is 2. The minimum absolute atomic E-state index is 0.646. The molecular weight excluding hydrogens is 370 g/mol. The Morgan fingerprint density at radius 1 is 0.900 bits per heavy atom. The van der Waals surface area contributed by atoms with Gasteiger partial charge in [0.15, 0.2) is 0 Å². The van der Waals surface area contributed by atoms with Gasteiger partial charge in [-0.1, -0.05) is 48.5 Å². The predicted molar refractivity (Wildman–Crippen MR) is 122 cm³/mol. The summed E-state index contributed by atoms with van der Waals surface area (Å²) in [4.78, 5) is 21.6. The van der Waals surface area contributed by atoms with Crippen LogP contribution >= 0.6 is 0 Å². The largest absolute Gasteiger partial charge is 0.362 e. The first kappa shape index (κ1) is 19.6. The van der Waals surface area contributed by atoms with Crippen LogP contribution in [-0.2, 0) is 11.2 Å². The topological polar surface area (TPSA) is 49.0 Å². The molecule has 4 heteroatoms. The molecular formula is C26H25N3O. The van der Waals surface area contributed by atoms with Gasteiger partial charge in [0.25, 0.3) is 0 Å². The number of pyridine rings is 1. The summed E-state index contributed by atoms with van der Waals surface area (Å²) in [6.45, 7) is 4.76. The van der Waals surface area contributed by atoms with E-state index in [2.05, 4.69) is 37.0 Å². The lowest BCUT2D eigenvalue weighted by Crippen LogP contribution is -2.23. The monoisotopic (exact) mass is 395 g/mol. The highest BCUT2D eigenvalue weighted by molar-refractivity contribution is 5.77. The molecule has 0 spiro atoms. The van der Waals surface area contributed by atoms with Gasteiger partial charge in [-0.25, -0.2) is 4.98 Å². The van der Waals surface area contributed by atoms with Crippen LogP contribution in [0.5, 0.6) is 0 Å². The summed E-state index contributed by atoms with van der Waals surface area (Å²) < 4.78 is 0. The second-order valence-electron chi connectivity index (χ2n) is 7.48. The highest BCUT2D eigenvalue weighted by Crippen LogP contribution is 2.27. The number of carbonyl (C=O) groups excluding carboxylic acids is 1. The van der Waals surface area contributed by atoms with E-state index in [-0.39, 0.29) is 0 Å². The molecule has 2 aromatic heterocycles. The summed E-state index contributed by atoms with van der Waals surface area (Å²) in [5.74, 6) is 0. The Labute approximate surface area is 177 Å². The van der Waals surface area contributed by atoms with Gasteiger partial charge in [-0.3, -0.25) is 4.79 Å². The molecule has 0 unspecified atom stereocenters. The van der Waals surface area contributed by atoms with Crippen LogP contribution in [0.15, 0.2) is 78.9 Å². The summed E-state index contributed by atoms with van der Waals surface area (Å²) >= 11 is 0. The summed E-state index contributed by atoms with van der Waals surface area (Å²) in [5, 5.41) is 0. The van der Waals surface area contributed by atoms with Crippen molar-refractivity contribution in [3.8, 4) is 22.5 Å². The molecule has 0 radical (unpaired) electrons. The van der Waals surface area contributed by atoms with E-state index in [1.165, 1.54) is 5.56 Å². The molecule has 4 rings (SSSR count). The molecule has 1 amide bonds. The predicted octanol–water partition coefficient (Wildman–Crippen LogP) is 5.57. The quantitative estimate of drug-likeness (QED) is 0.416. The zero-order valence-corrected chi connectivity index (χ0v) is 17.3. The second kappa shape index (κ2) is 8.78. The first-order valence-corrected chi connectivity index (χ1v) is 10.1. The third kappa shape index (κ3) is 4.33. The molecule has 4 aromatic rings. The Kier molecular flexibility index (Phi) is 5.75. The third-order valence-corrected chi connectivity index (χ3v) is 5.28. The van der Waals surface area contributed by atoms with Gasteiger partial charge in [0.1, 0.15) is 0 Å². The molecule has 2 heterocycles. The maximum absolute atomic E-state index is 11.6. The number of nitrogens with one attached hydrogen (secondary N) is 1. The van der Waals surface area contributed by atoms with Crippen LogP contribution in [0.3, 0.4) is 0 Å². The Bertz CT molecular complexity index is 1130. The van der Waals surface area contributed by atoms with Gasteiger partial charge in [0, 0.05) is 34.7 Å². The van der Waals surface area contributed by atoms with E-state index in [1.807, 2.05) is 60.7 Å². The van der Waals surface area contributed by atoms with Gasteiger partial charge in [-0.05, 0) is 56.2 Å². The number of aromatic nitrogens is 2. The number of hydrogen-bond acceptors (Lipinski definition) is 2. The average Bonchev–Trinajstić information content (AvgIpc) is 3.13. The molecule has 0 atom stereocenters. The fourth-order valence-electron chi connectivity index (χ4n) is 3.70. The number of aromatic amines is 1. The standard InChI is InChI=1S/C26H25N3O/c1-19-17-24(20(2)27-19)26-10-6-9-25(28-26)22-11-13-23(14-12-22)29(18-30)16-15-21-7-4-3-5-8-21/h3-14,17-18,27H,15-16H2,1-2H3. The molecule has 0 saturated heterocycles. The molecule has 0 aliphatic heterocycles. The van der Waals surface area contributed by atoms with Crippen molar-refractivity contribution >= 4 is 12.1 Å². The maximum Gasteiger partial charge on any atom is 0.214 e. The van der Waals surface area contributed by atoms with Crippen molar-refractivity contribution in [3.05, 3.63) is 95.8 Å². The van der Waals surface area contributed by atoms with Crippen LogP contribution in [0.4, 0.5) is 5.69 Å². The number of aryl methyl sites for hydroxylation is 2. The zero-order chi connectivity index (χ0) is 20.9. The van der Waals surface area contributed by atoms with Crippen LogP contribution < -0.4 is 4.90 Å². The molecule has 0 fully saturated rings. The van der Waals surface area contributed by atoms with Gasteiger partial charge < -0.3 is 9.88 Å². The Morgan fingerprint density at radius 3 is 2.30 bits per heavy atom. The number of H-pyrrole nitrogens is 1. The fraction of sp³-hybridized carbons (Fsp3) is 0.154. The molecule has 2 aromatic carbocycles. The van der Waals surface area contributed by atoms with E-state index in [0.717, 1.165) is 52.4 Å². The molecule has 1 N–H and O–H groups in total. The number of anilines is 1. The Hall–Kier alpha value is -3.66. The third-order valence-electron chi connectivity index (χ3n) is 5.28. The van der Waals surface area contributed by atoms with Gasteiger partial charge in [-0.15, -0.1) is 0 Å². The Balaban J connectivity index is 1.52. The van der Waals surface area contributed by atoms with Crippen molar-refractivity contribution in [2.45, 2.75) is 20.3 Å². The average molecular weight is 396 g/mol. The lowest BCUT2D eigenvalue weighted by Gasteiger charge is -2.18. The number of hydrogen-bond donors (Lipinski definition) is 1. The van der Waals surface area contributed by atoms with E-state index < -0.39 is 0 Å². The first-order chi connectivity index (χ1) is 14.6. The van der Waals surface area contributed by atoms with Gasteiger partial charge >= 0.3 is 0 Å². The van der Waals surface area contributed by atoms with Gasteiger partial charge in [0.05, 0.1) is 11.4 Å². The van der Waals surface area contributed by atoms with E-state index in [4.69, 9.17) is 4.98 Å². The molecule has 150 valence electrons.